The Hall–Kier alpha value is -3.90. The first-order chi connectivity index (χ1) is 16.7. The smallest absolute Gasteiger partial charge is 0.258 e. The number of benzene rings is 3. The summed E-state index contributed by atoms with van der Waals surface area (Å²) in [6, 6.07) is 26.3. The maximum Gasteiger partial charge on any atom is 0.258 e. The van der Waals surface area contributed by atoms with Crippen LogP contribution in [0.3, 0.4) is 0 Å². The molecule has 5 rings (SSSR count). The van der Waals surface area contributed by atoms with Crippen LogP contribution in [0.2, 0.25) is 0 Å². The lowest BCUT2D eigenvalue weighted by Gasteiger charge is -2.11. The Balaban J connectivity index is 1.29. The summed E-state index contributed by atoms with van der Waals surface area (Å²) < 4.78 is 5.83. The molecule has 0 radical (unpaired) electrons. The molecule has 0 spiro atoms. The third-order valence-electron chi connectivity index (χ3n) is 5.77. The normalized spacial score (nSPS) is 12.1. The molecule has 5 nitrogen and oxygen atoms in total. The molecule has 2 N–H and O–H groups in total. The Kier molecular flexibility index (Phi) is 6.40. The van der Waals surface area contributed by atoms with Crippen molar-refractivity contribution in [2.45, 2.75) is 25.9 Å². The summed E-state index contributed by atoms with van der Waals surface area (Å²) in [5, 5.41) is 6.56. The van der Waals surface area contributed by atoms with Crippen LogP contribution in [0.5, 0.6) is 5.75 Å². The van der Waals surface area contributed by atoms with Crippen molar-refractivity contribution in [3.63, 3.8) is 0 Å². The van der Waals surface area contributed by atoms with E-state index in [0.717, 1.165) is 36.1 Å². The van der Waals surface area contributed by atoms with Crippen LogP contribution in [0, 0.1) is 0 Å². The minimum Gasteiger partial charge on any atom is -0.489 e. The van der Waals surface area contributed by atoms with Crippen molar-refractivity contribution in [1.82, 2.24) is 0 Å². The molecule has 6 heteroatoms. The van der Waals surface area contributed by atoms with Gasteiger partial charge >= 0.3 is 0 Å². The predicted octanol–water partition coefficient (Wildman–Crippen LogP) is 6.32. The number of aryl methyl sites for hydroxylation is 1. The highest BCUT2D eigenvalue weighted by atomic mass is 32.1. The molecule has 0 unspecified atom stereocenters. The van der Waals surface area contributed by atoms with Gasteiger partial charge in [-0.05, 0) is 66.8 Å². The van der Waals surface area contributed by atoms with Gasteiger partial charge in [0.25, 0.3) is 11.8 Å². The van der Waals surface area contributed by atoms with E-state index in [1.165, 1.54) is 16.2 Å². The number of hydrogen-bond acceptors (Lipinski definition) is 4. The van der Waals surface area contributed by atoms with Crippen molar-refractivity contribution in [3.8, 4) is 5.75 Å². The van der Waals surface area contributed by atoms with Gasteiger partial charge in [0.1, 0.15) is 17.4 Å². The van der Waals surface area contributed by atoms with Crippen LogP contribution in [-0.2, 0) is 19.4 Å². The van der Waals surface area contributed by atoms with E-state index in [1.54, 1.807) is 12.1 Å². The summed E-state index contributed by atoms with van der Waals surface area (Å²) in [7, 11) is 0. The monoisotopic (exact) mass is 468 g/mol. The fourth-order valence-electron chi connectivity index (χ4n) is 4.07. The Morgan fingerprint density at radius 1 is 0.794 bits per heavy atom. The molecular formula is C28H24N2O3S. The zero-order valence-electron chi connectivity index (χ0n) is 18.5. The molecule has 0 aliphatic heterocycles. The van der Waals surface area contributed by atoms with Gasteiger partial charge in [-0.2, -0.15) is 0 Å². The van der Waals surface area contributed by atoms with Gasteiger partial charge in [0, 0.05) is 16.1 Å². The Bertz CT molecular complexity index is 1300. The molecule has 0 saturated heterocycles. The fraction of sp³-hybridized carbons (Fsp3) is 0.143. The molecule has 0 atom stereocenters. The van der Waals surface area contributed by atoms with E-state index >= 15 is 0 Å². The lowest BCUT2D eigenvalue weighted by molar-refractivity contribution is 0.102. The number of hydrogen-bond donors (Lipinski definition) is 2. The first-order valence-corrected chi connectivity index (χ1v) is 12.1. The van der Waals surface area contributed by atoms with E-state index < -0.39 is 0 Å². The first-order valence-electron chi connectivity index (χ1n) is 11.3. The fourth-order valence-corrected chi connectivity index (χ4v) is 5.35. The molecule has 1 heterocycles. The molecule has 4 aromatic rings. The number of rotatable bonds is 7. The summed E-state index contributed by atoms with van der Waals surface area (Å²) in [5.41, 5.74) is 3.96. The van der Waals surface area contributed by atoms with E-state index in [2.05, 4.69) is 10.6 Å². The van der Waals surface area contributed by atoms with Crippen LogP contribution in [-0.4, -0.2) is 11.8 Å². The van der Waals surface area contributed by atoms with Crippen molar-refractivity contribution in [3.05, 3.63) is 112 Å². The summed E-state index contributed by atoms with van der Waals surface area (Å²) >= 11 is 1.50. The van der Waals surface area contributed by atoms with Crippen molar-refractivity contribution < 1.29 is 14.3 Å². The minimum absolute atomic E-state index is 0.208. The Labute approximate surface area is 202 Å². The average Bonchev–Trinajstić information content (AvgIpc) is 3.45. The first kappa shape index (κ1) is 21.9. The van der Waals surface area contributed by atoms with Crippen molar-refractivity contribution in [2.75, 3.05) is 10.6 Å². The van der Waals surface area contributed by atoms with Gasteiger partial charge in [-0.1, -0.05) is 48.5 Å². The molecule has 34 heavy (non-hydrogen) atoms. The zero-order chi connectivity index (χ0) is 23.3. The predicted molar refractivity (Wildman–Crippen MR) is 136 cm³/mol. The topological polar surface area (TPSA) is 67.4 Å². The van der Waals surface area contributed by atoms with E-state index in [-0.39, 0.29) is 11.8 Å². The van der Waals surface area contributed by atoms with E-state index in [1.807, 2.05) is 72.8 Å². The number of thiophene rings is 1. The second-order valence-electron chi connectivity index (χ2n) is 8.13. The molecule has 3 aromatic carbocycles. The summed E-state index contributed by atoms with van der Waals surface area (Å²) in [4.78, 5) is 27.2. The van der Waals surface area contributed by atoms with Gasteiger partial charge in [-0.15, -0.1) is 11.3 Å². The lowest BCUT2D eigenvalue weighted by Crippen LogP contribution is -2.18. The van der Waals surface area contributed by atoms with Gasteiger partial charge in [-0.25, -0.2) is 0 Å². The second kappa shape index (κ2) is 9.93. The van der Waals surface area contributed by atoms with Crippen molar-refractivity contribution in [2.24, 2.45) is 0 Å². The summed E-state index contributed by atoms with van der Waals surface area (Å²) in [6.07, 6.45) is 2.82. The van der Waals surface area contributed by atoms with Crippen LogP contribution in [0.4, 0.5) is 10.7 Å². The molecule has 2 amide bonds. The quantitative estimate of drug-likeness (QED) is 0.333. The van der Waals surface area contributed by atoms with E-state index in [4.69, 9.17) is 4.74 Å². The molecule has 170 valence electrons. The lowest BCUT2D eigenvalue weighted by atomic mass is 10.1. The molecule has 0 fully saturated rings. The molecule has 0 bridgehead atoms. The number of carbonyl (C=O) groups excluding carboxylic acids is 2. The van der Waals surface area contributed by atoms with Crippen LogP contribution >= 0.6 is 11.3 Å². The number of anilines is 2. The third-order valence-corrected chi connectivity index (χ3v) is 6.98. The molecular weight excluding hydrogens is 444 g/mol. The van der Waals surface area contributed by atoms with Crippen molar-refractivity contribution >= 4 is 33.8 Å². The summed E-state index contributed by atoms with van der Waals surface area (Å²) in [5.74, 6) is 0.310. The van der Waals surface area contributed by atoms with Gasteiger partial charge in [0.05, 0.1) is 5.56 Å². The highest BCUT2D eigenvalue weighted by Crippen LogP contribution is 2.39. The van der Waals surface area contributed by atoms with Crippen LogP contribution < -0.4 is 15.4 Å². The SMILES string of the molecule is O=C(Nc1sc2c(c1C(=O)Nc1ccc(OCc3ccccc3)cc1)CCC2)c1ccccc1. The second-order valence-corrected chi connectivity index (χ2v) is 9.24. The molecule has 1 aliphatic carbocycles. The molecule has 1 aliphatic rings. The Morgan fingerprint density at radius 2 is 1.50 bits per heavy atom. The standard InChI is InChI=1S/C28H24N2O3S/c31-26(20-10-5-2-6-11-20)30-28-25(23-12-7-13-24(23)34-28)27(32)29-21-14-16-22(17-15-21)33-18-19-8-3-1-4-9-19/h1-6,8-11,14-17H,7,12-13,18H2,(H,29,32)(H,30,31). The Morgan fingerprint density at radius 3 is 2.24 bits per heavy atom. The van der Waals surface area contributed by atoms with Gasteiger partial charge in [-0.3, -0.25) is 9.59 Å². The van der Waals surface area contributed by atoms with Gasteiger partial charge in [0.15, 0.2) is 0 Å². The van der Waals surface area contributed by atoms with Crippen molar-refractivity contribution in [1.29, 1.82) is 0 Å². The number of carbonyl (C=O) groups is 2. The largest absolute Gasteiger partial charge is 0.489 e. The average molecular weight is 469 g/mol. The van der Waals surface area contributed by atoms with Crippen LogP contribution in [0.25, 0.3) is 0 Å². The van der Waals surface area contributed by atoms with E-state index in [9.17, 15) is 9.59 Å². The number of amides is 2. The highest BCUT2D eigenvalue weighted by molar-refractivity contribution is 7.17. The van der Waals surface area contributed by atoms with E-state index in [0.29, 0.717) is 28.4 Å². The van der Waals surface area contributed by atoms with Crippen LogP contribution in [0.1, 0.15) is 43.1 Å². The third kappa shape index (κ3) is 4.87. The minimum atomic E-state index is -0.213. The number of fused-ring (bicyclic) bond motifs is 1. The van der Waals surface area contributed by atoms with Gasteiger partial charge < -0.3 is 15.4 Å². The van der Waals surface area contributed by atoms with Gasteiger partial charge in [0.2, 0.25) is 0 Å². The number of ether oxygens (including phenoxy) is 1. The zero-order valence-corrected chi connectivity index (χ0v) is 19.4. The molecule has 0 saturated carbocycles. The van der Waals surface area contributed by atoms with Crippen LogP contribution in [0.15, 0.2) is 84.9 Å². The highest BCUT2D eigenvalue weighted by Gasteiger charge is 2.27. The number of nitrogens with one attached hydrogen (secondary N) is 2. The maximum atomic E-state index is 13.3. The molecule has 1 aromatic heterocycles. The summed E-state index contributed by atoms with van der Waals surface area (Å²) in [6.45, 7) is 0.484. The maximum absolute atomic E-state index is 13.3.